The normalized spacial score (nSPS) is 24.2. The van der Waals surface area contributed by atoms with E-state index in [2.05, 4.69) is 63.7 Å². The summed E-state index contributed by atoms with van der Waals surface area (Å²) < 4.78 is 28.8. The highest BCUT2D eigenvalue weighted by molar-refractivity contribution is 9.11. The largest absolute Gasteiger partial charge is 0.365 e. The molecule has 2 aromatic rings. The summed E-state index contributed by atoms with van der Waals surface area (Å²) in [7, 11) is -3.46. The van der Waals surface area contributed by atoms with Gasteiger partial charge in [-0.05, 0) is 85.6 Å². The number of carbonyl (C=O) groups excluding carboxylic acids is 1. The minimum absolute atomic E-state index is 0.0595. The van der Waals surface area contributed by atoms with Crippen molar-refractivity contribution < 1.29 is 13.2 Å². The summed E-state index contributed by atoms with van der Waals surface area (Å²) in [4.78, 5) is 17.6. The van der Waals surface area contributed by atoms with E-state index in [1.54, 1.807) is 12.1 Å². The van der Waals surface area contributed by atoms with Crippen molar-refractivity contribution in [3.05, 3.63) is 45.7 Å². The van der Waals surface area contributed by atoms with Crippen LogP contribution in [0.4, 0.5) is 5.69 Å². The van der Waals surface area contributed by atoms with Gasteiger partial charge in [0.1, 0.15) is 4.21 Å². The van der Waals surface area contributed by atoms with E-state index in [-0.39, 0.29) is 23.8 Å². The van der Waals surface area contributed by atoms with E-state index >= 15 is 0 Å². The third-order valence-electron chi connectivity index (χ3n) is 6.88. The van der Waals surface area contributed by atoms with E-state index in [0.29, 0.717) is 10.8 Å². The molecule has 1 unspecified atom stereocenters. The molecule has 1 saturated heterocycles. The van der Waals surface area contributed by atoms with Crippen molar-refractivity contribution >= 4 is 48.9 Å². The molecule has 9 heteroatoms. The molecule has 0 radical (unpaired) electrons. The maximum absolute atomic E-state index is 13.2. The lowest BCUT2D eigenvalue weighted by atomic mass is 9.81. The van der Waals surface area contributed by atoms with Gasteiger partial charge in [-0.2, -0.15) is 0 Å². The lowest BCUT2D eigenvalue weighted by molar-refractivity contribution is -0.137. The molecule has 1 aromatic heterocycles. The van der Waals surface area contributed by atoms with Crippen molar-refractivity contribution in [2.24, 2.45) is 11.8 Å². The number of sulfonamides is 1. The second kappa shape index (κ2) is 10.5. The molecule has 33 heavy (non-hydrogen) atoms. The number of benzene rings is 1. The van der Waals surface area contributed by atoms with Crippen molar-refractivity contribution in [2.45, 2.75) is 49.8 Å². The molecule has 1 aromatic carbocycles. The smallest absolute Gasteiger partial charge is 0.250 e. The zero-order valence-corrected chi connectivity index (χ0v) is 22.4. The molecule has 1 N–H and O–H groups in total. The standard InChI is InChI=1S/C24H32BrN3O3S2/c1-17-3-9-21(10-4-17)28-14-13-27(16-18(28)2)24(29)20-7-5-19(6-8-20)15-26-33(30,31)23-12-11-22(25)32-23/h3-4,9-12,18-20,26H,5-8,13-16H2,1-2H3. The van der Waals surface area contributed by atoms with Crippen LogP contribution in [0, 0.1) is 18.8 Å². The molecule has 1 aliphatic carbocycles. The molecule has 2 aliphatic rings. The lowest BCUT2D eigenvalue weighted by Crippen LogP contribution is -2.55. The van der Waals surface area contributed by atoms with Crippen LogP contribution in [0.3, 0.4) is 0 Å². The number of aryl methyl sites for hydroxylation is 1. The van der Waals surface area contributed by atoms with E-state index < -0.39 is 10.0 Å². The highest BCUT2D eigenvalue weighted by Gasteiger charge is 2.33. The van der Waals surface area contributed by atoms with E-state index in [1.165, 1.54) is 22.6 Å². The number of thiophene rings is 1. The Morgan fingerprint density at radius 3 is 2.39 bits per heavy atom. The fourth-order valence-corrected chi connectivity index (χ4v) is 8.06. The fourth-order valence-electron chi connectivity index (χ4n) is 4.89. The molecule has 1 saturated carbocycles. The summed E-state index contributed by atoms with van der Waals surface area (Å²) in [5.74, 6) is 0.613. The first-order chi connectivity index (χ1) is 15.7. The predicted molar refractivity (Wildman–Crippen MR) is 137 cm³/mol. The predicted octanol–water partition coefficient (Wildman–Crippen LogP) is 4.64. The Balaban J connectivity index is 1.24. The SMILES string of the molecule is Cc1ccc(N2CCN(C(=O)C3CCC(CNS(=O)(=O)c4ccc(Br)s4)CC3)CC2C)cc1. The van der Waals surface area contributed by atoms with Gasteiger partial charge in [0.25, 0.3) is 0 Å². The van der Waals surface area contributed by atoms with Gasteiger partial charge in [-0.1, -0.05) is 17.7 Å². The topological polar surface area (TPSA) is 69.7 Å². The molecule has 2 fully saturated rings. The molecule has 0 spiro atoms. The molecule has 1 amide bonds. The lowest BCUT2D eigenvalue weighted by Gasteiger charge is -2.43. The van der Waals surface area contributed by atoms with Gasteiger partial charge in [0, 0.05) is 43.8 Å². The van der Waals surface area contributed by atoms with Crippen LogP contribution >= 0.6 is 27.3 Å². The number of anilines is 1. The summed E-state index contributed by atoms with van der Waals surface area (Å²) in [6.07, 6.45) is 3.43. The van der Waals surface area contributed by atoms with Crippen LogP contribution in [-0.2, 0) is 14.8 Å². The van der Waals surface area contributed by atoms with Gasteiger partial charge in [-0.3, -0.25) is 4.79 Å². The third kappa shape index (κ3) is 5.99. The molecular weight excluding hydrogens is 522 g/mol. The van der Waals surface area contributed by atoms with Gasteiger partial charge in [0.05, 0.1) is 3.79 Å². The number of piperazine rings is 1. The van der Waals surface area contributed by atoms with Crippen molar-refractivity contribution in [1.82, 2.24) is 9.62 Å². The molecule has 0 bridgehead atoms. The minimum Gasteiger partial charge on any atom is -0.365 e. The average molecular weight is 555 g/mol. The van der Waals surface area contributed by atoms with Gasteiger partial charge in [0.2, 0.25) is 15.9 Å². The summed E-state index contributed by atoms with van der Waals surface area (Å²) in [5, 5.41) is 0. The fraction of sp³-hybridized carbons (Fsp3) is 0.542. The second-order valence-corrected chi connectivity index (χ2v) is 13.7. The van der Waals surface area contributed by atoms with Gasteiger partial charge in [-0.15, -0.1) is 11.3 Å². The highest BCUT2D eigenvalue weighted by Crippen LogP contribution is 2.32. The van der Waals surface area contributed by atoms with Crippen LogP contribution in [-0.4, -0.2) is 51.4 Å². The van der Waals surface area contributed by atoms with Crippen LogP contribution in [0.2, 0.25) is 0 Å². The van der Waals surface area contributed by atoms with Crippen LogP contribution in [0.1, 0.15) is 38.2 Å². The Morgan fingerprint density at radius 1 is 1.09 bits per heavy atom. The number of hydrogen-bond acceptors (Lipinski definition) is 5. The number of carbonyl (C=O) groups is 1. The van der Waals surface area contributed by atoms with E-state index in [1.807, 2.05) is 4.90 Å². The summed E-state index contributed by atoms with van der Waals surface area (Å²) in [6, 6.07) is 12.2. The van der Waals surface area contributed by atoms with Gasteiger partial charge < -0.3 is 9.80 Å². The number of amides is 1. The molecule has 1 aliphatic heterocycles. The maximum Gasteiger partial charge on any atom is 0.250 e. The third-order valence-corrected chi connectivity index (χ3v) is 10.4. The monoisotopic (exact) mass is 553 g/mol. The van der Waals surface area contributed by atoms with Crippen LogP contribution in [0.25, 0.3) is 0 Å². The Hall–Kier alpha value is -1.42. The molecule has 4 rings (SSSR count). The van der Waals surface area contributed by atoms with Crippen LogP contribution < -0.4 is 9.62 Å². The highest BCUT2D eigenvalue weighted by atomic mass is 79.9. The quantitative estimate of drug-likeness (QED) is 0.565. The Morgan fingerprint density at radius 2 is 1.79 bits per heavy atom. The number of rotatable bonds is 6. The number of nitrogens with one attached hydrogen (secondary N) is 1. The van der Waals surface area contributed by atoms with Crippen molar-refractivity contribution in [3.63, 3.8) is 0 Å². The number of nitrogens with zero attached hydrogens (tertiary/aromatic N) is 2. The van der Waals surface area contributed by atoms with Crippen LogP contribution in [0.15, 0.2) is 44.4 Å². The van der Waals surface area contributed by atoms with E-state index in [0.717, 1.165) is 49.1 Å². The Bertz CT molecular complexity index is 1060. The van der Waals surface area contributed by atoms with Gasteiger partial charge in [0.15, 0.2) is 0 Å². The molecule has 1 atom stereocenters. The van der Waals surface area contributed by atoms with E-state index in [4.69, 9.17) is 0 Å². The Labute approximate surface area is 209 Å². The minimum atomic E-state index is -3.46. The number of halogens is 1. The van der Waals surface area contributed by atoms with Crippen molar-refractivity contribution in [1.29, 1.82) is 0 Å². The summed E-state index contributed by atoms with van der Waals surface area (Å²) >= 11 is 4.53. The average Bonchev–Trinajstić information content (AvgIpc) is 3.26. The first-order valence-electron chi connectivity index (χ1n) is 11.6. The first kappa shape index (κ1) is 24.7. The summed E-state index contributed by atoms with van der Waals surface area (Å²) in [5.41, 5.74) is 2.47. The zero-order valence-electron chi connectivity index (χ0n) is 19.2. The zero-order chi connectivity index (χ0) is 23.6. The summed E-state index contributed by atoms with van der Waals surface area (Å²) in [6.45, 7) is 7.08. The van der Waals surface area contributed by atoms with Crippen molar-refractivity contribution in [3.8, 4) is 0 Å². The number of hydrogen-bond donors (Lipinski definition) is 1. The maximum atomic E-state index is 13.2. The molecule has 180 valence electrons. The van der Waals surface area contributed by atoms with Gasteiger partial charge >= 0.3 is 0 Å². The molecule has 6 nitrogen and oxygen atoms in total. The Kier molecular flexibility index (Phi) is 7.83. The molecule has 2 heterocycles. The van der Waals surface area contributed by atoms with Crippen LogP contribution in [0.5, 0.6) is 0 Å². The second-order valence-electron chi connectivity index (χ2n) is 9.29. The molecular formula is C24H32BrN3O3S2. The van der Waals surface area contributed by atoms with Gasteiger partial charge in [-0.25, -0.2) is 13.1 Å². The first-order valence-corrected chi connectivity index (χ1v) is 14.7. The van der Waals surface area contributed by atoms with E-state index in [9.17, 15) is 13.2 Å². The van der Waals surface area contributed by atoms with Crippen molar-refractivity contribution in [2.75, 3.05) is 31.1 Å².